The van der Waals surface area contributed by atoms with Crippen LogP contribution in [0.1, 0.15) is 22.3 Å². The predicted octanol–water partition coefficient (Wildman–Crippen LogP) is 7.80. The highest BCUT2D eigenvalue weighted by Gasteiger charge is 2.35. The molecule has 0 saturated carbocycles. The third kappa shape index (κ3) is 4.47. The fourth-order valence-corrected chi connectivity index (χ4v) is 10.6. The SMILES string of the molecule is O=C1C=Cc2ccccc2C1=C1C(=P(c2ccc(F)cc2)(c2ccc(F)cc2)c2ccc(F)cc2)C=Cc2ccccc21. The van der Waals surface area contributed by atoms with Gasteiger partial charge in [-0.3, -0.25) is 4.79 Å². The van der Waals surface area contributed by atoms with E-state index in [4.69, 9.17) is 0 Å². The highest BCUT2D eigenvalue weighted by molar-refractivity contribution is 7.96. The van der Waals surface area contributed by atoms with Crippen molar-refractivity contribution in [2.45, 2.75) is 0 Å². The third-order valence-electron chi connectivity index (χ3n) is 8.05. The first-order valence-electron chi connectivity index (χ1n) is 13.9. The number of benzene rings is 5. The molecule has 5 heteroatoms. The van der Waals surface area contributed by atoms with Gasteiger partial charge >= 0.3 is 0 Å². The van der Waals surface area contributed by atoms with Gasteiger partial charge in [0, 0.05) is 11.1 Å². The summed E-state index contributed by atoms with van der Waals surface area (Å²) in [4.78, 5) is 14.0. The van der Waals surface area contributed by atoms with Crippen LogP contribution < -0.4 is 15.9 Å². The Kier molecular flexibility index (Phi) is 6.72. The van der Waals surface area contributed by atoms with Gasteiger partial charge < -0.3 is 0 Å². The van der Waals surface area contributed by atoms with E-state index in [0.29, 0.717) is 5.57 Å². The number of hydrogen-bond donors (Lipinski definition) is 0. The van der Waals surface area contributed by atoms with Crippen molar-refractivity contribution in [2.24, 2.45) is 0 Å². The summed E-state index contributed by atoms with van der Waals surface area (Å²) in [6.07, 6.45) is 7.48. The summed E-state index contributed by atoms with van der Waals surface area (Å²) < 4.78 is 43.3. The molecular formula is C38H24F3OP. The standard InChI is InChI=1S/C38H24F3OP/c39-27-11-17-30(18-12-27)43(31-19-13-28(40)14-20-31,32-21-15-29(41)16-22-32)36-24-10-26-6-2-4-8-34(26)38(36)37-33-7-3-1-5-25(33)9-23-35(37)42/h1-24H. The molecule has 208 valence electrons. The van der Waals surface area contributed by atoms with E-state index >= 15 is 0 Å². The topological polar surface area (TPSA) is 17.1 Å². The Balaban J connectivity index is 1.77. The Morgan fingerprint density at radius 3 is 1.28 bits per heavy atom. The van der Waals surface area contributed by atoms with Crippen LogP contribution in [0.5, 0.6) is 0 Å². The maximum absolute atomic E-state index is 14.4. The van der Waals surface area contributed by atoms with Gasteiger partial charge in [0.1, 0.15) is 17.5 Å². The van der Waals surface area contributed by atoms with Crippen molar-refractivity contribution >= 4 is 57.2 Å². The lowest BCUT2D eigenvalue weighted by Gasteiger charge is -2.35. The molecule has 5 aromatic rings. The van der Waals surface area contributed by atoms with Crippen molar-refractivity contribution in [1.29, 1.82) is 0 Å². The highest BCUT2D eigenvalue weighted by Crippen LogP contribution is 2.52. The maximum atomic E-state index is 14.4. The van der Waals surface area contributed by atoms with Crippen LogP contribution in [0.3, 0.4) is 0 Å². The fraction of sp³-hybridized carbons (Fsp3) is 0. The zero-order valence-corrected chi connectivity index (χ0v) is 23.7. The van der Waals surface area contributed by atoms with Crippen LogP contribution in [0.4, 0.5) is 13.2 Å². The van der Waals surface area contributed by atoms with Gasteiger partial charge in [-0.1, -0.05) is 103 Å². The molecule has 0 aromatic heterocycles. The first-order valence-corrected chi connectivity index (χ1v) is 15.6. The Labute approximate surface area is 247 Å². The van der Waals surface area contributed by atoms with Crippen LogP contribution in [0.25, 0.3) is 23.3 Å². The summed E-state index contributed by atoms with van der Waals surface area (Å²) in [6.45, 7) is -3.01. The molecule has 2 aliphatic carbocycles. The van der Waals surface area contributed by atoms with Gasteiger partial charge in [0.25, 0.3) is 0 Å². The van der Waals surface area contributed by atoms with E-state index in [2.05, 4.69) is 0 Å². The summed E-state index contributed by atoms with van der Waals surface area (Å²) in [7, 11) is 0. The van der Waals surface area contributed by atoms with Crippen molar-refractivity contribution in [3.05, 3.63) is 173 Å². The van der Waals surface area contributed by atoms with E-state index in [1.165, 1.54) is 36.4 Å². The number of fused-ring (bicyclic) bond motifs is 2. The molecule has 0 spiro atoms. The number of carbonyl (C=O) groups is 1. The van der Waals surface area contributed by atoms with Crippen LogP contribution in [0.2, 0.25) is 0 Å². The zero-order chi connectivity index (χ0) is 29.6. The molecule has 0 N–H and O–H groups in total. The Bertz CT molecular complexity index is 1930. The number of hydrogen-bond acceptors (Lipinski definition) is 1. The number of rotatable bonds is 3. The largest absolute Gasteiger partial charge is 0.289 e. The van der Waals surface area contributed by atoms with E-state index in [-0.39, 0.29) is 5.78 Å². The number of allylic oxidation sites excluding steroid dienone is 4. The smallest absolute Gasteiger partial charge is 0.187 e. The van der Waals surface area contributed by atoms with Crippen molar-refractivity contribution in [3.63, 3.8) is 0 Å². The van der Waals surface area contributed by atoms with E-state index in [9.17, 15) is 18.0 Å². The molecule has 2 aliphatic rings. The Morgan fingerprint density at radius 1 is 0.419 bits per heavy atom. The average molecular weight is 585 g/mol. The van der Waals surface area contributed by atoms with Gasteiger partial charge in [-0.15, -0.1) is 0 Å². The number of halogens is 3. The minimum Gasteiger partial charge on any atom is -0.289 e. The molecule has 43 heavy (non-hydrogen) atoms. The average Bonchev–Trinajstić information content (AvgIpc) is 3.04. The Hall–Kier alpha value is -4.92. The van der Waals surface area contributed by atoms with Crippen LogP contribution in [0.15, 0.2) is 133 Å². The van der Waals surface area contributed by atoms with Crippen LogP contribution in [-0.2, 0) is 4.79 Å². The molecule has 0 atom stereocenters. The van der Waals surface area contributed by atoms with Crippen LogP contribution in [-0.4, -0.2) is 11.1 Å². The molecule has 5 aromatic carbocycles. The molecule has 0 saturated heterocycles. The summed E-state index contributed by atoms with van der Waals surface area (Å²) in [5.41, 5.74) is 4.87. The fourth-order valence-electron chi connectivity index (χ4n) is 6.17. The number of ketones is 1. The highest BCUT2D eigenvalue weighted by atomic mass is 31.2. The third-order valence-corrected chi connectivity index (χ3v) is 12.4. The number of carbonyl (C=O) groups excluding carboxylic acids is 1. The van der Waals surface area contributed by atoms with Crippen LogP contribution in [0, 0.1) is 17.5 Å². The minimum atomic E-state index is -3.01. The van der Waals surface area contributed by atoms with E-state index < -0.39 is 24.3 Å². The summed E-state index contributed by atoms with van der Waals surface area (Å²) in [5.74, 6) is -1.31. The molecule has 1 nitrogen and oxygen atoms in total. The van der Waals surface area contributed by atoms with Crippen molar-refractivity contribution in [2.75, 3.05) is 0 Å². The van der Waals surface area contributed by atoms with Crippen molar-refractivity contribution < 1.29 is 18.0 Å². The van der Waals surface area contributed by atoms with E-state index in [1.807, 2.05) is 66.8 Å². The second-order valence-electron chi connectivity index (χ2n) is 10.4. The lowest BCUT2D eigenvalue weighted by Crippen LogP contribution is -2.32. The van der Waals surface area contributed by atoms with Gasteiger partial charge in [0.15, 0.2) is 5.78 Å². The molecule has 0 bridgehead atoms. The molecule has 0 radical (unpaired) electrons. The lowest BCUT2D eigenvalue weighted by atomic mass is 9.81. The first-order chi connectivity index (χ1) is 21.0. The molecule has 7 rings (SSSR count). The summed E-state index contributed by atoms with van der Waals surface area (Å²) in [5, 5.41) is 3.20. The molecule has 0 unspecified atom stereocenters. The normalized spacial score (nSPS) is 15.8. The molecule has 0 amide bonds. The molecule has 0 aliphatic heterocycles. The second-order valence-corrected chi connectivity index (χ2v) is 13.8. The van der Waals surface area contributed by atoms with E-state index in [1.54, 1.807) is 42.5 Å². The molecule has 0 heterocycles. The first kappa shape index (κ1) is 26.9. The summed E-state index contributed by atoms with van der Waals surface area (Å²) in [6, 6.07) is 34.6. The summed E-state index contributed by atoms with van der Waals surface area (Å²) >= 11 is 0. The Morgan fingerprint density at radius 2 is 0.814 bits per heavy atom. The van der Waals surface area contributed by atoms with Gasteiger partial charge in [-0.05, 0) is 92.8 Å². The molecule has 0 fully saturated rings. The zero-order valence-electron chi connectivity index (χ0n) is 22.8. The quantitative estimate of drug-likeness (QED) is 0.156. The van der Waals surface area contributed by atoms with Crippen molar-refractivity contribution in [1.82, 2.24) is 0 Å². The van der Waals surface area contributed by atoms with Gasteiger partial charge in [0.2, 0.25) is 0 Å². The minimum absolute atomic E-state index is 0.133. The monoisotopic (exact) mass is 584 g/mol. The second kappa shape index (κ2) is 10.7. The van der Waals surface area contributed by atoms with Crippen molar-refractivity contribution in [3.8, 4) is 0 Å². The van der Waals surface area contributed by atoms with E-state index in [0.717, 1.165) is 49.0 Å². The van der Waals surface area contributed by atoms with Gasteiger partial charge in [-0.2, -0.15) is 0 Å². The lowest BCUT2D eigenvalue weighted by molar-refractivity contribution is -0.109. The van der Waals surface area contributed by atoms with Gasteiger partial charge in [-0.25, -0.2) is 13.2 Å². The molecular weight excluding hydrogens is 560 g/mol. The maximum Gasteiger partial charge on any atom is 0.187 e. The predicted molar refractivity (Wildman–Crippen MR) is 173 cm³/mol. The van der Waals surface area contributed by atoms with Crippen LogP contribution >= 0.6 is 6.89 Å². The van der Waals surface area contributed by atoms with Gasteiger partial charge in [0.05, 0.1) is 0 Å².